The Labute approximate surface area is 106 Å². The van der Waals surface area contributed by atoms with Crippen LogP contribution in [-0.2, 0) is 6.54 Å². The molecule has 0 fully saturated rings. The summed E-state index contributed by atoms with van der Waals surface area (Å²) in [6.45, 7) is 2.73. The highest BCUT2D eigenvalue weighted by Crippen LogP contribution is 2.21. The molecule has 1 N–H and O–H groups in total. The molecule has 0 saturated carbocycles. The zero-order valence-electron chi connectivity index (χ0n) is 8.76. The molecule has 0 spiro atoms. The predicted octanol–water partition coefficient (Wildman–Crippen LogP) is 4.57. The van der Waals surface area contributed by atoms with Gasteiger partial charge in [-0.25, -0.2) is 4.39 Å². The fourth-order valence-electron chi connectivity index (χ4n) is 1.40. The van der Waals surface area contributed by atoms with Crippen molar-refractivity contribution in [3.05, 3.63) is 50.4 Å². The Morgan fingerprint density at radius 3 is 2.75 bits per heavy atom. The molecule has 4 heteroatoms. The van der Waals surface area contributed by atoms with E-state index >= 15 is 0 Å². The van der Waals surface area contributed by atoms with Crippen LogP contribution in [0.25, 0.3) is 0 Å². The van der Waals surface area contributed by atoms with Crippen molar-refractivity contribution in [2.75, 3.05) is 5.32 Å². The topological polar surface area (TPSA) is 12.0 Å². The second kappa shape index (κ2) is 4.97. The first-order valence-electron chi connectivity index (χ1n) is 4.89. The fraction of sp³-hybridized carbons (Fsp3) is 0.167. The Bertz CT molecular complexity index is 496. The van der Waals surface area contributed by atoms with Crippen molar-refractivity contribution >= 4 is 33.0 Å². The second-order valence-corrected chi connectivity index (χ2v) is 5.78. The van der Waals surface area contributed by atoms with Gasteiger partial charge in [-0.05, 0) is 37.3 Å². The summed E-state index contributed by atoms with van der Waals surface area (Å²) in [4.78, 5) is 2.48. The van der Waals surface area contributed by atoms with Crippen LogP contribution in [0.5, 0.6) is 0 Å². The average molecular weight is 300 g/mol. The predicted molar refractivity (Wildman–Crippen MR) is 70.5 cm³/mol. The molecule has 16 heavy (non-hydrogen) atoms. The van der Waals surface area contributed by atoms with Gasteiger partial charge in [0.25, 0.3) is 0 Å². The van der Waals surface area contributed by atoms with Gasteiger partial charge in [0.15, 0.2) is 0 Å². The largest absolute Gasteiger partial charge is 0.378 e. The van der Waals surface area contributed by atoms with Gasteiger partial charge in [0.05, 0.1) is 5.69 Å². The Kier molecular flexibility index (Phi) is 3.61. The normalized spacial score (nSPS) is 10.4. The van der Waals surface area contributed by atoms with E-state index in [1.54, 1.807) is 17.4 Å². The standard InChI is InChI=1S/C12H11BrFNS/c1-8-2-4-10(16-8)7-15-12-5-3-9(13)6-11(12)14/h2-6,15H,7H2,1H3. The molecule has 0 radical (unpaired) electrons. The van der Waals surface area contributed by atoms with Crippen molar-refractivity contribution in [1.82, 2.24) is 0 Å². The maximum absolute atomic E-state index is 13.5. The minimum Gasteiger partial charge on any atom is -0.378 e. The van der Waals surface area contributed by atoms with E-state index in [1.807, 2.05) is 6.07 Å². The molecule has 0 bridgehead atoms. The van der Waals surface area contributed by atoms with E-state index < -0.39 is 0 Å². The summed E-state index contributed by atoms with van der Waals surface area (Å²) >= 11 is 4.95. The molecule has 0 aliphatic carbocycles. The zero-order chi connectivity index (χ0) is 11.5. The van der Waals surface area contributed by atoms with Crippen LogP contribution < -0.4 is 5.32 Å². The molecule has 2 aromatic rings. The van der Waals surface area contributed by atoms with Crippen molar-refractivity contribution in [3.63, 3.8) is 0 Å². The zero-order valence-corrected chi connectivity index (χ0v) is 11.2. The molecule has 0 unspecified atom stereocenters. The van der Waals surface area contributed by atoms with Gasteiger partial charge in [-0.2, -0.15) is 0 Å². The minimum atomic E-state index is -0.234. The van der Waals surface area contributed by atoms with Gasteiger partial charge in [0.1, 0.15) is 5.82 Å². The van der Waals surface area contributed by atoms with Crippen LogP contribution in [0.1, 0.15) is 9.75 Å². The number of benzene rings is 1. The molecule has 0 saturated heterocycles. The van der Waals surface area contributed by atoms with E-state index in [1.165, 1.54) is 15.8 Å². The molecule has 1 aromatic carbocycles. The summed E-state index contributed by atoms with van der Waals surface area (Å²) in [6, 6.07) is 9.15. The van der Waals surface area contributed by atoms with Crippen molar-refractivity contribution < 1.29 is 4.39 Å². The molecule has 1 aromatic heterocycles. The van der Waals surface area contributed by atoms with Crippen LogP contribution in [0.15, 0.2) is 34.8 Å². The van der Waals surface area contributed by atoms with E-state index in [9.17, 15) is 4.39 Å². The number of nitrogens with one attached hydrogen (secondary N) is 1. The first-order chi connectivity index (χ1) is 7.65. The van der Waals surface area contributed by atoms with Crippen molar-refractivity contribution in [1.29, 1.82) is 0 Å². The Hall–Kier alpha value is -0.870. The lowest BCUT2D eigenvalue weighted by Gasteiger charge is -2.06. The highest BCUT2D eigenvalue weighted by atomic mass is 79.9. The van der Waals surface area contributed by atoms with Crippen LogP contribution in [0.3, 0.4) is 0 Å². The van der Waals surface area contributed by atoms with E-state index in [4.69, 9.17) is 0 Å². The summed E-state index contributed by atoms with van der Waals surface area (Å²) in [5, 5.41) is 3.08. The van der Waals surface area contributed by atoms with Crippen molar-refractivity contribution in [2.45, 2.75) is 13.5 Å². The van der Waals surface area contributed by atoms with Crippen LogP contribution in [0.4, 0.5) is 10.1 Å². The second-order valence-electron chi connectivity index (χ2n) is 3.49. The summed E-state index contributed by atoms with van der Waals surface area (Å²) in [5.74, 6) is -0.234. The van der Waals surface area contributed by atoms with E-state index in [0.29, 0.717) is 12.2 Å². The van der Waals surface area contributed by atoms with Crippen LogP contribution in [0, 0.1) is 12.7 Å². The number of thiophene rings is 1. The molecule has 0 atom stereocenters. The Balaban J connectivity index is 2.04. The molecule has 0 aliphatic heterocycles. The minimum absolute atomic E-state index is 0.234. The smallest absolute Gasteiger partial charge is 0.147 e. The SMILES string of the molecule is Cc1ccc(CNc2ccc(Br)cc2F)s1. The number of rotatable bonds is 3. The third kappa shape index (κ3) is 2.83. The fourth-order valence-corrected chi connectivity index (χ4v) is 2.56. The number of halogens is 2. The first-order valence-corrected chi connectivity index (χ1v) is 6.50. The monoisotopic (exact) mass is 299 g/mol. The van der Waals surface area contributed by atoms with Crippen molar-refractivity contribution in [2.24, 2.45) is 0 Å². The highest BCUT2D eigenvalue weighted by molar-refractivity contribution is 9.10. The lowest BCUT2D eigenvalue weighted by Crippen LogP contribution is -1.99. The van der Waals surface area contributed by atoms with Gasteiger partial charge >= 0.3 is 0 Å². The molecule has 1 nitrogen and oxygen atoms in total. The van der Waals surface area contributed by atoms with Gasteiger partial charge < -0.3 is 5.32 Å². The molecular formula is C12H11BrFNS. The summed E-state index contributed by atoms with van der Waals surface area (Å²) in [6.07, 6.45) is 0. The first kappa shape index (κ1) is 11.6. The average Bonchev–Trinajstić information content (AvgIpc) is 2.63. The quantitative estimate of drug-likeness (QED) is 0.875. The lowest BCUT2D eigenvalue weighted by atomic mass is 10.3. The Morgan fingerprint density at radius 2 is 2.12 bits per heavy atom. The number of hydrogen-bond donors (Lipinski definition) is 1. The number of anilines is 1. The molecule has 0 amide bonds. The van der Waals surface area contributed by atoms with Crippen LogP contribution in [0.2, 0.25) is 0 Å². The number of aryl methyl sites for hydroxylation is 1. The van der Waals surface area contributed by atoms with Gasteiger partial charge in [-0.1, -0.05) is 15.9 Å². The lowest BCUT2D eigenvalue weighted by molar-refractivity contribution is 0.629. The molecule has 0 aliphatic rings. The van der Waals surface area contributed by atoms with E-state index in [0.717, 1.165) is 4.47 Å². The van der Waals surface area contributed by atoms with Gasteiger partial charge in [-0.15, -0.1) is 11.3 Å². The maximum atomic E-state index is 13.5. The molecule has 1 heterocycles. The highest BCUT2D eigenvalue weighted by Gasteiger charge is 2.03. The van der Waals surface area contributed by atoms with Gasteiger partial charge in [0.2, 0.25) is 0 Å². The summed E-state index contributed by atoms with van der Waals surface area (Å²) < 4.78 is 14.2. The van der Waals surface area contributed by atoms with E-state index in [2.05, 4.69) is 40.3 Å². The van der Waals surface area contributed by atoms with E-state index in [-0.39, 0.29) is 5.82 Å². The van der Waals surface area contributed by atoms with Crippen LogP contribution in [-0.4, -0.2) is 0 Å². The summed E-state index contributed by atoms with van der Waals surface area (Å²) in [7, 11) is 0. The Morgan fingerprint density at radius 1 is 1.31 bits per heavy atom. The molecular weight excluding hydrogens is 289 g/mol. The number of hydrogen-bond acceptors (Lipinski definition) is 2. The van der Waals surface area contributed by atoms with Gasteiger partial charge in [0, 0.05) is 20.8 Å². The third-order valence-electron chi connectivity index (χ3n) is 2.18. The summed E-state index contributed by atoms with van der Waals surface area (Å²) in [5.41, 5.74) is 0.536. The third-order valence-corrected chi connectivity index (χ3v) is 3.67. The van der Waals surface area contributed by atoms with Crippen LogP contribution >= 0.6 is 27.3 Å². The molecule has 84 valence electrons. The van der Waals surface area contributed by atoms with Crippen molar-refractivity contribution in [3.8, 4) is 0 Å². The molecule has 2 rings (SSSR count). The maximum Gasteiger partial charge on any atom is 0.147 e. The van der Waals surface area contributed by atoms with Gasteiger partial charge in [-0.3, -0.25) is 0 Å².